The van der Waals surface area contributed by atoms with Crippen molar-refractivity contribution in [2.75, 3.05) is 32.8 Å². The molecule has 0 atom stereocenters. The predicted octanol–water partition coefficient (Wildman–Crippen LogP) is 2.48. The van der Waals surface area contributed by atoms with E-state index in [1.165, 1.54) is 11.1 Å². The second-order valence-electron chi connectivity index (χ2n) is 6.88. The molecular weight excluding hydrogens is 352 g/mol. The van der Waals surface area contributed by atoms with Crippen LogP contribution in [0.2, 0.25) is 0 Å². The van der Waals surface area contributed by atoms with Crippen molar-refractivity contribution in [2.24, 2.45) is 4.99 Å². The number of aliphatic imine (C=N–C) groups is 1. The van der Waals surface area contributed by atoms with E-state index in [4.69, 9.17) is 4.74 Å². The monoisotopic (exact) mass is 382 g/mol. The van der Waals surface area contributed by atoms with Crippen molar-refractivity contribution < 1.29 is 9.84 Å². The quantitative estimate of drug-likeness (QED) is 0.507. The van der Waals surface area contributed by atoms with Crippen molar-refractivity contribution in [2.45, 2.75) is 26.6 Å². The molecule has 2 aromatic carbocycles. The molecule has 0 bridgehead atoms. The summed E-state index contributed by atoms with van der Waals surface area (Å²) in [6.07, 6.45) is 0. The Bertz CT molecular complexity index is 773. The van der Waals surface area contributed by atoms with Gasteiger partial charge in [0, 0.05) is 32.7 Å². The summed E-state index contributed by atoms with van der Waals surface area (Å²) >= 11 is 0. The van der Waals surface area contributed by atoms with Crippen molar-refractivity contribution in [3.63, 3.8) is 0 Å². The lowest BCUT2D eigenvalue weighted by Crippen LogP contribution is -2.38. The van der Waals surface area contributed by atoms with E-state index in [9.17, 15) is 5.11 Å². The molecule has 2 aromatic rings. The van der Waals surface area contributed by atoms with Gasteiger partial charge in [0.2, 0.25) is 0 Å². The topological polar surface area (TPSA) is 69.1 Å². The lowest BCUT2D eigenvalue weighted by molar-refractivity contribution is 0.0341. The smallest absolute Gasteiger partial charge is 0.191 e. The SMILES string of the molecule is CCNC(=NCc1cccc(O)c1)NCc1ccccc1CN1CCOCC1. The minimum absolute atomic E-state index is 0.266. The normalized spacial score (nSPS) is 15.4. The highest BCUT2D eigenvalue weighted by Gasteiger charge is 2.12. The van der Waals surface area contributed by atoms with Crippen LogP contribution in [-0.4, -0.2) is 48.8 Å². The van der Waals surface area contributed by atoms with Gasteiger partial charge in [0.05, 0.1) is 19.8 Å². The summed E-state index contributed by atoms with van der Waals surface area (Å²) in [7, 11) is 0. The third kappa shape index (κ3) is 6.25. The maximum Gasteiger partial charge on any atom is 0.191 e. The lowest BCUT2D eigenvalue weighted by atomic mass is 10.1. The van der Waals surface area contributed by atoms with E-state index in [0.29, 0.717) is 13.1 Å². The summed E-state index contributed by atoms with van der Waals surface area (Å²) in [4.78, 5) is 7.08. The Hall–Kier alpha value is -2.57. The van der Waals surface area contributed by atoms with Crippen LogP contribution in [0.25, 0.3) is 0 Å². The van der Waals surface area contributed by atoms with Gasteiger partial charge in [0.1, 0.15) is 5.75 Å². The Labute approximate surface area is 167 Å². The van der Waals surface area contributed by atoms with Crippen LogP contribution in [0.5, 0.6) is 5.75 Å². The van der Waals surface area contributed by atoms with Crippen LogP contribution in [-0.2, 0) is 24.4 Å². The Kier molecular flexibility index (Phi) is 7.70. The van der Waals surface area contributed by atoms with Crippen molar-refractivity contribution >= 4 is 5.96 Å². The zero-order chi connectivity index (χ0) is 19.6. The zero-order valence-electron chi connectivity index (χ0n) is 16.5. The maximum atomic E-state index is 9.61. The lowest BCUT2D eigenvalue weighted by Gasteiger charge is -2.27. The van der Waals surface area contributed by atoms with E-state index in [1.54, 1.807) is 12.1 Å². The number of phenolic OH excluding ortho intramolecular Hbond substituents is 1. The summed E-state index contributed by atoms with van der Waals surface area (Å²) in [6.45, 7) is 8.61. The second kappa shape index (κ2) is 10.7. The number of nitrogens with one attached hydrogen (secondary N) is 2. The zero-order valence-corrected chi connectivity index (χ0v) is 16.5. The fraction of sp³-hybridized carbons (Fsp3) is 0.409. The molecule has 1 fully saturated rings. The number of guanidine groups is 1. The number of ether oxygens (including phenoxy) is 1. The highest BCUT2D eigenvalue weighted by atomic mass is 16.5. The predicted molar refractivity (Wildman–Crippen MR) is 112 cm³/mol. The summed E-state index contributed by atoms with van der Waals surface area (Å²) in [5, 5.41) is 16.3. The van der Waals surface area contributed by atoms with Gasteiger partial charge in [0.25, 0.3) is 0 Å². The number of phenols is 1. The van der Waals surface area contributed by atoms with Crippen LogP contribution >= 0.6 is 0 Å². The largest absolute Gasteiger partial charge is 0.508 e. The summed E-state index contributed by atoms with van der Waals surface area (Å²) < 4.78 is 5.45. The van der Waals surface area contributed by atoms with Crippen molar-refractivity contribution in [3.8, 4) is 5.75 Å². The highest BCUT2D eigenvalue weighted by Crippen LogP contribution is 2.14. The van der Waals surface area contributed by atoms with Gasteiger partial charge >= 0.3 is 0 Å². The van der Waals surface area contributed by atoms with Gasteiger partial charge in [-0.3, -0.25) is 4.90 Å². The molecule has 3 N–H and O–H groups in total. The third-order valence-electron chi connectivity index (χ3n) is 4.74. The maximum absolute atomic E-state index is 9.61. The Morgan fingerprint density at radius 3 is 2.61 bits per heavy atom. The number of morpholine rings is 1. The van der Waals surface area contributed by atoms with Crippen LogP contribution in [0.1, 0.15) is 23.6 Å². The van der Waals surface area contributed by atoms with Crippen LogP contribution < -0.4 is 10.6 Å². The molecule has 0 aromatic heterocycles. The van der Waals surface area contributed by atoms with Crippen LogP contribution in [0.4, 0.5) is 0 Å². The van der Waals surface area contributed by atoms with Gasteiger partial charge in [0.15, 0.2) is 5.96 Å². The summed E-state index contributed by atoms with van der Waals surface area (Å²) in [5.41, 5.74) is 3.59. The number of nitrogens with zero attached hydrogens (tertiary/aromatic N) is 2. The average Bonchev–Trinajstić information content (AvgIpc) is 2.72. The number of hydrogen-bond donors (Lipinski definition) is 3. The second-order valence-corrected chi connectivity index (χ2v) is 6.88. The van der Waals surface area contributed by atoms with Gasteiger partial charge in [-0.2, -0.15) is 0 Å². The standard InChI is InChI=1S/C22H30N4O2/c1-2-23-22(24-15-18-6-5-9-21(27)14-18)25-16-19-7-3-4-8-20(19)17-26-10-12-28-13-11-26/h3-9,14,27H,2,10-13,15-17H2,1H3,(H2,23,24,25). The minimum atomic E-state index is 0.266. The molecule has 1 saturated heterocycles. The van der Waals surface area contributed by atoms with Crippen molar-refractivity contribution in [3.05, 3.63) is 65.2 Å². The van der Waals surface area contributed by atoms with Crippen LogP contribution in [0.15, 0.2) is 53.5 Å². The van der Waals surface area contributed by atoms with E-state index in [1.807, 2.05) is 12.1 Å². The van der Waals surface area contributed by atoms with Crippen molar-refractivity contribution in [1.29, 1.82) is 0 Å². The molecule has 28 heavy (non-hydrogen) atoms. The van der Waals surface area contributed by atoms with E-state index in [2.05, 4.69) is 51.7 Å². The number of hydrogen-bond acceptors (Lipinski definition) is 4. The number of rotatable bonds is 7. The first kappa shape index (κ1) is 20.2. The molecule has 0 saturated carbocycles. The van der Waals surface area contributed by atoms with Crippen LogP contribution in [0.3, 0.4) is 0 Å². The molecule has 0 aliphatic carbocycles. The minimum Gasteiger partial charge on any atom is -0.508 e. The van der Waals surface area contributed by atoms with Gasteiger partial charge < -0.3 is 20.5 Å². The molecule has 3 rings (SSSR count). The van der Waals surface area contributed by atoms with E-state index in [0.717, 1.165) is 50.9 Å². The molecule has 0 spiro atoms. The Morgan fingerprint density at radius 1 is 1.07 bits per heavy atom. The van der Waals surface area contributed by atoms with Gasteiger partial charge in [-0.05, 0) is 35.7 Å². The number of benzene rings is 2. The molecule has 6 heteroatoms. The first-order valence-electron chi connectivity index (χ1n) is 9.91. The molecule has 0 unspecified atom stereocenters. The highest BCUT2D eigenvalue weighted by molar-refractivity contribution is 5.79. The van der Waals surface area contributed by atoms with Crippen LogP contribution in [0, 0.1) is 0 Å². The molecule has 0 radical (unpaired) electrons. The Morgan fingerprint density at radius 2 is 1.86 bits per heavy atom. The van der Waals surface area contributed by atoms with Gasteiger partial charge in [-0.25, -0.2) is 4.99 Å². The first-order valence-corrected chi connectivity index (χ1v) is 9.91. The molecule has 1 aliphatic heterocycles. The molecule has 0 amide bonds. The molecule has 1 heterocycles. The molecule has 150 valence electrons. The van der Waals surface area contributed by atoms with E-state index >= 15 is 0 Å². The van der Waals surface area contributed by atoms with Crippen molar-refractivity contribution in [1.82, 2.24) is 15.5 Å². The fourth-order valence-corrected chi connectivity index (χ4v) is 3.23. The Balaban J connectivity index is 1.62. The third-order valence-corrected chi connectivity index (χ3v) is 4.74. The average molecular weight is 383 g/mol. The summed E-state index contributed by atoms with van der Waals surface area (Å²) in [6, 6.07) is 15.8. The molecule has 6 nitrogen and oxygen atoms in total. The molecular formula is C22H30N4O2. The van der Waals surface area contributed by atoms with Gasteiger partial charge in [-0.15, -0.1) is 0 Å². The van der Waals surface area contributed by atoms with E-state index < -0.39 is 0 Å². The number of aromatic hydroxyl groups is 1. The fourth-order valence-electron chi connectivity index (χ4n) is 3.23. The van der Waals surface area contributed by atoms with Gasteiger partial charge in [-0.1, -0.05) is 36.4 Å². The first-order chi connectivity index (χ1) is 13.7. The summed E-state index contributed by atoms with van der Waals surface area (Å²) in [5.74, 6) is 1.04. The molecule has 1 aliphatic rings. The van der Waals surface area contributed by atoms with E-state index in [-0.39, 0.29) is 5.75 Å².